The van der Waals surface area contributed by atoms with Crippen LogP contribution in [0, 0.1) is 5.41 Å². The second-order valence-electron chi connectivity index (χ2n) is 4.96. The maximum absolute atomic E-state index is 11.2. The van der Waals surface area contributed by atoms with Crippen LogP contribution >= 0.6 is 0 Å². The van der Waals surface area contributed by atoms with Gasteiger partial charge >= 0.3 is 5.97 Å². The second-order valence-corrected chi connectivity index (χ2v) is 4.96. The lowest BCUT2D eigenvalue weighted by Crippen LogP contribution is -2.26. The number of hydrogen-bond donors (Lipinski definition) is 1. The van der Waals surface area contributed by atoms with E-state index in [4.69, 9.17) is 14.3 Å². The van der Waals surface area contributed by atoms with Crippen molar-refractivity contribution in [3.63, 3.8) is 0 Å². The summed E-state index contributed by atoms with van der Waals surface area (Å²) in [5, 5.41) is 10.1. The molecule has 0 unspecified atom stereocenters. The van der Waals surface area contributed by atoms with E-state index in [9.17, 15) is 4.79 Å². The average molecular weight is 248 g/mol. The molecule has 0 aliphatic carbocycles. The van der Waals surface area contributed by atoms with Crippen molar-refractivity contribution in [2.75, 3.05) is 7.11 Å². The second kappa shape index (κ2) is 4.37. The van der Waals surface area contributed by atoms with Gasteiger partial charge in [-0.25, -0.2) is 0 Å². The molecule has 96 valence electrons. The Morgan fingerprint density at radius 3 is 2.78 bits per heavy atom. The standard InChI is InChI=1S/C14H16O4/c1-14(2,13(15)16)7-9-8-18-12-10(9)5-4-6-11(12)17-3/h4-6,8H,7H2,1-3H3,(H,15,16). The number of hydrogen-bond acceptors (Lipinski definition) is 3. The Bertz CT molecular complexity index is 580. The third-order valence-corrected chi connectivity index (χ3v) is 3.08. The number of methoxy groups -OCH3 is 1. The number of carboxylic acids is 1. The number of benzene rings is 1. The summed E-state index contributed by atoms with van der Waals surface area (Å²) in [6.07, 6.45) is 2.03. The normalized spacial score (nSPS) is 11.7. The Hall–Kier alpha value is -1.97. The lowest BCUT2D eigenvalue weighted by molar-refractivity contribution is -0.146. The van der Waals surface area contributed by atoms with E-state index in [1.165, 1.54) is 0 Å². The van der Waals surface area contributed by atoms with Crippen LogP contribution in [0.5, 0.6) is 5.75 Å². The van der Waals surface area contributed by atoms with Gasteiger partial charge in [0.15, 0.2) is 11.3 Å². The van der Waals surface area contributed by atoms with Crippen molar-refractivity contribution in [2.24, 2.45) is 5.41 Å². The number of para-hydroxylation sites is 1. The molecule has 0 aliphatic heterocycles. The highest BCUT2D eigenvalue weighted by Crippen LogP contribution is 2.33. The smallest absolute Gasteiger partial charge is 0.309 e. The summed E-state index contributed by atoms with van der Waals surface area (Å²) in [5.74, 6) is -0.161. The van der Waals surface area contributed by atoms with E-state index in [2.05, 4.69) is 0 Å². The van der Waals surface area contributed by atoms with Crippen molar-refractivity contribution < 1.29 is 19.1 Å². The number of aliphatic carboxylic acids is 1. The summed E-state index contributed by atoms with van der Waals surface area (Å²) in [4.78, 5) is 11.2. The zero-order valence-electron chi connectivity index (χ0n) is 10.7. The number of carboxylic acid groups (broad SMARTS) is 1. The first kappa shape index (κ1) is 12.5. The summed E-state index contributed by atoms with van der Waals surface area (Å²) in [5.41, 5.74) is 0.729. The Morgan fingerprint density at radius 2 is 2.17 bits per heavy atom. The van der Waals surface area contributed by atoms with Crippen molar-refractivity contribution in [2.45, 2.75) is 20.3 Å². The molecule has 0 aliphatic rings. The topological polar surface area (TPSA) is 59.7 Å². The van der Waals surface area contributed by atoms with E-state index >= 15 is 0 Å². The predicted molar refractivity (Wildman–Crippen MR) is 67.9 cm³/mol. The molecule has 0 spiro atoms. The summed E-state index contributed by atoms with van der Waals surface area (Å²) in [7, 11) is 1.58. The molecule has 18 heavy (non-hydrogen) atoms. The fourth-order valence-electron chi connectivity index (χ4n) is 1.93. The average Bonchev–Trinajstić information content (AvgIpc) is 2.71. The van der Waals surface area contributed by atoms with E-state index in [1.54, 1.807) is 27.2 Å². The molecular formula is C14H16O4. The fourth-order valence-corrected chi connectivity index (χ4v) is 1.93. The Morgan fingerprint density at radius 1 is 1.44 bits per heavy atom. The number of carbonyl (C=O) groups is 1. The molecule has 1 aromatic carbocycles. The maximum Gasteiger partial charge on any atom is 0.309 e. The molecule has 0 bridgehead atoms. The van der Waals surface area contributed by atoms with Gasteiger partial charge in [0.25, 0.3) is 0 Å². The van der Waals surface area contributed by atoms with Crippen LogP contribution in [0.15, 0.2) is 28.9 Å². The lowest BCUT2D eigenvalue weighted by Gasteiger charge is -2.17. The van der Waals surface area contributed by atoms with Gasteiger partial charge in [-0.15, -0.1) is 0 Å². The van der Waals surface area contributed by atoms with Crippen LogP contribution in [-0.4, -0.2) is 18.2 Å². The minimum atomic E-state index is -0.820. The molecule has 1 N–H and O–H groups in total. The molecule has 0 atom stereocenters. The van der Waals surface area contributed by atoms with E-state index in [0.717, 1.165) is 10.9 Å². The molecule has 0 saturated carbocycles. The first-order valence-electron chi connectivity index (χ1n) is 5.72. The Balaban J connectivity index is 2.45. The van der Waals surface area contributed by atoms with Crippen LogP contribution in [-0.2, 0) is 11.2 Å². The minimum absolute atomic E-state index is 0.419. The van der Waals surface area contributed by atoms with Crippen molar-refractivity contribution in [1.82, 2.24) is 0 Å². The Kier molecular flexibility index (Phi) is 3.03. The maximum atomic E-state index is 11.2. The van der Waals surface area contributed by atoms with Gasteiger partial charge in [-0.2, -0.15) is 0 Å². The minimum Gasteiger partial charge on any atom is -0.493 e. The molecule has 4 heteroatoms. The molecule has 2 rings (SSSR count). The molecule has 4 nitrogen and oxygen atoms in total. The molecule has 0 amide bonds. The first-order chi connectivity index (χ1) is 8.45. The van der Waals surface area contributed by atoms with Crippen LogP contribution in [0.4, 0.5) is 0 Å². The van der Waals surface area contributed by atoms with E-state index in [1.807, 2.05) is 18.2 Å². The van der Waals surface area contributed by atoms with Gasteiger partial charge in [0.1, 0.15) is 0 Å². The summed E-state index contributed by atoms with van der Waals surface area (Å²) in [6.45, 7) is 3.41. The van der Waals surface area contributed by atoms with Gasteiger partial charge in [-0.3, -0.25) is 4.79 Å². The fraction of sp³-hybridized carbons (Fsp3) is 0.357. The first-order valence-corrected chi connectivity index (χ1v) is 5.72. The van der Waals surface area contributed by atoms with Gasteiger partial charge in [-0.05, 0) is 31.9 Å². The van der Waals surface area contributed by atoms with Crippen molar-refractivity contribution in [3.8, 4) is 5.75 Å². The third kappa shape index (κ3) is 2.06. The molecule has 0 radical (unpaired) electrons. The number of fused-ring (bicyclic) bond motifs is 1. The highest BCUT2D eigenvalue weighted by Gasteiger charge is 2.29. The highest BCUT2D eigenvalue weighted by atomic mass is 16.5. The molecule has 0 saturated heterocycles. The lowest BCUT2D eigenvalue weighted by atomic mass is 9.86. The predicted octanol–water partition coefficient (Wildman–Crippen LogP) is 3.09. The number of ether oxygens (including phenoxy) is 1. The Labute approximate surface area is 105 Å². The summed E-state index contributed by atoms with van der Waals surface area (Å²) in [6, 6.07) is 5.60. The molecule has 0 fully saturated rings. The summed E-state index contributed by atoms with van der Waals surface area (Å²) >= 11 is 0. The van der Waals surface area contributed by atoms with Gasteiger partial charge in [0.05, 0.1) is 18.8 Å². The van der Waals surface area contributed by atoms with Gasteiger partial charge in [0.2, 0.25) is 0 Å². The molecule has 1 aromatic heterocycles. The molecule has 1 heterocycles. The highest BCUT2D eigenvalue weighted by molar-refractivity contribution is 5.87. The monoisotopic (exact) mass is 248 g/mol. The van der Waals surface area contributed by atoms with E-state index in [-0.39, 0.29) is 0 Å². The van der Waals surface area contributed by atoms with Crippen molar-refractivity contribution in [3.05, 3.63) is 30.0 Å². The van der Waals surface area contributed by atoms with Crippen molar-refractivity contribution >= 4 is 16.9 Å². The van der Waals surface area contributed by atoms with Gasteiger partial charge in [-0.1, -0.05) is 12.1 Å². The van der Waals surface area contributed by atoms with Crippen LogP contribution in [0.2, 0.25) is 0 Å². The zero-order chi connectivity index (χ0) is 13.3. The summed E-state index contributed by atoms with van der Waals surface area (Å²) < 4.78 is 10.7. The zero-order valence-corrected chi connectivity index (χ0v) is 10.7. The van der Waals surface area contributed by atoms with E-state index in [0.29, 0.717) is 17.8 Å². The van der Waals surface area contributed by atoms with Crippen LogP contribution in [0.25, 0.3) is 11.0 Å². The van der Waals surface area contributed by atoms with Crippen LogP contribution in [0.1, 0.15) is 19.4 Å². The molecule has 2 aromatic rings. The quantitative estimate of drug-likeness (QED) is 0.903. The number of furan rings is 1. The van der Waals surface area contributed by atoms with Gasteiger partial charge < -0.3 is 14.3 Å². The third-order valence-electron chi connectivity index (χ3n) is 3.08. The van der Waals surface area contributed by atoms with Crippen LogP contribution in [0.3, 0.4) is 0 Å². The molecular weight excluding hydrogens is 232 g/mol. The SMILES string of the molecule is COc1cccc2c(CC(C)(C)C(=O)O)coc12. The number of rotatable bonds is 4. The van der Waals surface area contributed by atoms with Crippen LogP contribution < -0.4 is 4.74 Å². The van der Waals surface area contributed by atoms with E-state index < -0.39 is 11.4 Å². The van der Waals surface area contributed by atoms with Gasteiger partial charge in [0, 0.05) is 5.39 Å². The van der Waals surface area contributed by atoms with Crippen molar-refractivity contribution in [1.29, 1.82) is 0 Å². The largest absolute Gasteiger partial charge is 0.493 e.